The van der Waals surface area contributed by atoms with Crippen LogP contribution < -0.4 is 4.74 Å². The Hall–Kier alpha value is -2.20. The Morgan fingerprint density at radius 1 is 0.792 bits per heavy atom. The van der Waals surface area contributed by atoms with E-state index in [1.54, 1.807) is 0 Å². The highest BCUT2D eigenvalue weighted by molar-refractivity contribution is 9.09. The number of para-hydroxylation sites is 2. The fourth-order valence-corrected chi connectivity index (χ4v) is 3.31. The second kappa shape index (κ2) is 6.73. The molecule has 0 unspecified atom stereocenters. The summed E-state index contributed by atoms with van der Waals surface area (Å²) in [5.74, 6) is 0.886. The summed E-state index contributed by atoms with van der Waals surface area (Å²) in [6.07, 6.45) is 2.14. The fraction of sp³-hybridized carbons (Fsp3) is 0.200. The molecule has 0 aliphatic rings. The van der Waals surface area contributed by atoms with Crippen molar-refractivity contribution in [1.29, 1.82) is 0 Å². The van der Waals surface area contributed by atoms with Gasteiger partial charge in [-0.15, -0.1) is 0 Å². The summed E-state index contributed by atoms with van der Waals surface area (Å²) in [6, 6.07) is 18.2. The summed E-state index contributed by atoms with van der Waals surface area (Å²) in [6.45, 7) is 0.710. The van der Waals surface area contributed by atoms with Gasteiger partial charge in [-0.25, -0.2) is 9.97 Å². The van der Waals surface area contributed by atoms with E-state index < -0.39 is 0 Å². The largest absolute Gasteiger partial charge is 0.493 e. The molecule has 0 aliphatic carbocycles. The molecule has 0 radical (unpaired) electrons. The van der Waals surface area contributed by atoms with Gasteiger partial charge in [-0.2, -0.15) is 0 Å². The molecule has 1 aromatic heterocycles. The monoisotopic (exact) mass is 380 g/mol. The average molecular weight is 381 g/mol. The number of unbranched alkanes of at least 4 members (excludes halogenated alkanes) is 1. The second-order valence-electron chi connectivity index (χ2n) is 5.74. The van der Waals surface area contributed by atoms with E-state index in [1.807, 2.05) is 42.5 Å². The minimum absolute atomic E-state index is 0.710. The fourth-order valence-electron chi connectivity index (χ4n) is 2.92. The van der Waals surface area contributed by atoms with Gasteiger partial charge in [0.15, 0.2) is 0 Å². The molecule has 3 nitrogen and oxygen atoms in total. The van der Waals surface area contributed by atoms with Crippen molar-refractivity contribution in [2.24, 2.45) is 0 Å². The molecule has 3 aromatic carbocycles. The third kappa shape index (κ3) is 2.82. The lowest BCUT2D eigenvalue weighted by molar-refractivity contribution is 0.314. The molecule has 4 aromatic rings. The Morgan fingerprint density at radius 3 is 2.29 bits per heavy atom. The molecular formula is C20H17BrN2O. The average Bonchev–Trinajstić information content (AvgIpc) is 2.64. The minimum Gasteiger partial charge on any atom is -0.493 e. The SMILES string of the molecule is BrCCCCOc1cc2nc3ccccc3nc2c2ccccc12. The van der Waals surface area contributed by atoms with Gasteiger partial charge in [-0.3, -0.25) is 0 Å². The van der Waals surface area contributed by atoms with Gasteiger partial charge in [0.1, 0.15) is 5.75 Å². The summed E-state index contributed by atoms with van der Waals surface area (Å²) in [5, 5.41) is 3.18. The Morgan fingerprint density at radius 2 is 1.50 bits per heavy atom. The number of fused-ring (bicyclic) bond motifs is 4. The van der Waals surface area contributed by atoms with E-state index in [0.717, 1.165) is 56.8 Å². The number of alkyl halides is 1. The molecular weight excluding hydrogens is 364 g/mol. The number of halogens is 1. The number of hydrogen-bond donors (Lipinski definition) is 0. The number of ether oxygens (including phenoxy) is 1. The molecule has 0 saturated carbocycles. The summed E-state index contributed by atoms with van der Waals surface area (Å²) in [4.78, 5) is 9.62. The van der Waals surface area contributed by atoms with E-state index >= 15 is 0 Å². The molecule has 1 heterocycles. The molecule has 24 heavy (non-hydrogen) atoms. The molecule has 0 spiro atoms. The highest BCUT2D eigenvalue weighted by Gasteiger charge is 2.10. The predicted molar refractivity (Wildman–Crippen MR) is 103 cm³/mol. The van der Waals surface area contributed by atoms with E-state index in [-0.39, 0.29) is 0 Å². The highest BCUT2D eigenvalue weighted by Crippen LogP contribution is 2.32. The maximum absolute atomic E-state index is 6.05. The van der Waals surface area contributed by atoms with Gasteiger partial charge in [-0.1, -0.05) is 52.3 Å². The van der Waals surface area contributed by atoms with Gasteiger partial charge < -0.3 is 4.74 Å². The Bertz CT molecular complexity index is 1020. The molecule has 0 amide bonds. The van der Waals surface area contributed by atoms with Crippen LogP contribution in [0.2, 0.25) is 0 Å². The number of rotatable bonds is 5. The van der Waals surface area contributed by atoms with Gasteiger partial charge in [0.25, 0.3) is 0 Å². The van der Waals surface area contributed by atoms with Crippen molar-refractivity contribution in [2.75, 3.05) is 11.9 Å². The summed E-state index contributed by atoms with van der Waals surface area (Å²) >= 11 is 3.46. The van der Waals surface area contributed by atoms with E-state index in [0.29, 0.717) is 6.61 Å². The first-order valence-electron chi connectivity index (χ1n) is 8.14. The standard InChI is InChI=1S/C20H17BrN2O/c21-11-5-6-12-24-19-13-18-20(15-8-2-1-7-14(15)19)23-17-10-4-3-9-16(17)22-18/h1-4,7-10,13H,5-6,11-12H2. The lowest BCUT2D eigenvalue weighted by Gasteiger charge is -2.11. The first kappa shape index (κ1) is 15.3. The van der Waals surface area contributed by atoms with Crippen molar-refractivity contribution in [3.05, 3.63) is 54.6 Å². The molecule has 0 saturated heterocycles. The first-order valence-corrected chi connectivity index (χ1v) is 9.26. The van der Waals surface area contributed by atoms with Gasteiger partial charge in [0.2, 0.25) is 0 Å². The molecule has 0 fully saturated rings. The molecule has 0 atom stereocenters. The zero-order valence-electron chi connectivity index (χ0n) is 13.2. The molecule has 4 heteroatoms. The van der Waals surface area contributed by atoms with Gasteiger partial charge in [0, 0.05) is 22.2 Å². The smallest absolute Gasteiger partial charge is 0.129 e. The molecule has 0 N–H and O–H groups in total. The van der Waals surface area contributed by atoms with Gasteiger partial charge in [0.05, 0.1) is 28.7 Å². The lowest BCUT2D eigenvalue weighted by Crippen LogP contribution is -1.99. The molecule has 0 aliphatic heterocycles. The van der Waals surface area contributed by atoms with Crippen LogP contribution in [0.1, 0.15) is 12.8 Å². The topological polar surface area (TPSA) is 35.0 Å². The zero-order valence-corrected chi connectivity index (χ0v) is 14.8. The molecule has 0 bridgehead atoms. The van der Waals surface area contributed by atoms with Crippen LogP contribution in [-0.2, 0) is 0 Å². The van der Waals surface area contributed by atoms with Gasteiger partial charge in [-0.05, 0) is 25.0 Å². The second-order valence-corrected chi connectivity index (χ2v) is 6.54. The Labute approximate surface area is 148 Å². The minimum atomic E-state index is 0.710. The van der Waals surface area contributed by atoms with Crippen molar-refractivity contribution in [1.82, 2.24) is 9.97 Å². The molecule has 120 valence electrons. The van der Waals surface area contributed by atoms with E-state index in [1.165, 1.54) is 0 Å². The zero-order chi connectivity index (χ0) is 16.4. The van der Waals surface area contributed by atoms with Crippen LogP contribution in [0, 0.1) is 0 Å². The lowest BCUT2D eigenvalue weighted by atomic mass is 10.1. The van der Waals surface area contributed by atoms with Crippen molar-refractivity contribution < 1.29 is 4.74 Å². The highest BCUT2D eigenvalue weighted by atomic mass is 79.9. The van der Waals surface area contributed by atoms with Crippen LogP contribution >= 0.6 is 15.9 Å². The van der Waals surface area contributed by atoms with Crippen LogP contribution in [0.5, 0.6) is 5.75 Å². The number of benzene rings is 3. The maximum atomic E-state index is 6.05. The van der Waals surface area contributed by atoms with E-state index in [4.69, 9.17) is 14.7 Å². The van der Waals surface area contributed by atoms with Crippen LogP contribution in [0.3, 0.4) is 0 Å². The quantitative estimate of drug-likeness (QED) is 0.198. The van der Waals surface area contributed by atoms with Crippen LogP contribution in [-0.4, -0.2) is 21.9 Å². The van der Waals surface area contributed by atoms with Crippen molar-refractivity contribution in [3.63, 3.8) is 0 Å². The number of hydrogen-bond acceptors (Lipinski definition) is 3. The van der Waals surface area contributed by atoms with E-state index in [2.05, 4.69) is 28.1 Å². The first-order chi connectivity index (χ1) is 11.9. The van der Waals surface area contributed by atoms with Crippen LogP contribution in [0.4, 0.5) is 0 Å². The molecule has 4 rings (SSSR count). The van der Waals surface area contributed by atoms with Crippen molar-refractivity contribution in [2.45, 2.75) is 12.8 Å². The van der Waals surface area contributed by atoms with Crippen LogP contribution in [0.15, 0.2) is 54.6 Å². The maximum Gasteiger partial charge on any atom is 0.129 e. The van der Waals surface area contributed by atoms with E-state index in [9.17, 15) is 0 Å². The number of nitrogens with zero attached hydrogens (tertiary/aromatic N) is 2. The number of aromatic nitrogens is 2. The van der Waals surface area contributed by atoms with Gasteiger partial charge >= 0.3 is 0 Å². The van der Waals surface area contributed by atoms with Crippen LogP contribution in [0.25, 0.3) is 32.8 Å². The van der Waals surface area contributed by atoms with Crippen molar-refractivity contribution >= 4 is 48.8 Å². The Kier molecular flexibility index (Phi) is 4.30. The van der Waals surface area contributed by atoms with Crippen molar-refractivity contribution in [3.8, 4) is 5.75 Å². The third-order valence-electron chi connectivity index (χ3n) is 4.10. The summed E-state index contributed by atoms with van der Waals surface area (Å²) < 4.78 is 6.05. The predicted octanol–water partition coefficient (Wildman–Crippen LogP) is 5.49. The normalized spacial score (nSPS) is 11.4. The summed E-state index contributed by atoms with van der Waals surface area (Å²) in [5.41, 5.74) is 3.63. The Balaban J connectivity index is 1.89. The summed E-state index contributed by atoms with van der Waals surface area (Å²) in [7, 11) is 0. The third-order valence-corrected chi connectivity index (χ3v) is 4.66.